The van der Waals surface area contributed by atoms with E-state index in [1.54, 1.807) is 12.1 Å². The number of hydrogen-bond acceptors (Lipinski definition) is 2. The molecule has 1 aliphatic carbocycles. The van der Waals surface area contributed by atoms with Crippen LogP contribution in [0, 0.1) is 11.7 Å². The van der Waals surface area contributed by atoms with Crippen molar-refractivity contribution in [1.29, 1.82) is 0 Å². The number of anilines is 1. The van der Waals surface area contributed by atoms with Crippen molar-refractivity contribution in [2.75, 3.05) is 5.32 Å². The van der Waals surface area contributed by atoms with Crippen LogP contribution >= 0.6 is 15.9 Å². The molecule has 1 aromatic carbocycles. The third-order valence-corrected chi connectivity index (χ3v) is 4.11. The molecule has 3 nitrogen and oxygen atoms in total. The molecule has 19 heavy (non-hydrogen) atoms. The smallest absolute Gasteiger partial charge is 0.224 e. The maximum atomic E-state index is 13.5. The molecular formula is C14H18BrFN2O. The largest absolute Gasteiger partial charge is 0.327 e. The van der Waals surface area contributed by atoms with Crippen molar-refractivity contribution in [3.63, 3.8) is 0 Å². The quantitative estimate of drug-likeness (QED) is 0.893. The minimum absolute atomic E-state index is 0.0897. The van der Waals surface area contributed by atoms with Gasteiger partial charge in [-0.1, -0.05) is 28.8 Å². The van der Waals surface area contributed by atoms with Gasteiger partial charge in [0, 0.05) is 16.9 Å². The zero-order valence-corrected chi connectivity index (χ0v) is 12.2. The zero-order valence-electron chi connectivity index (χ0n) is 10.7. The van der Waals surface area contributed by atoms with E-state index in [1.165, 1.54) is 6.07 Å². The number of amides is 1. The van der Waals surface area contributed by atoms with Crippen LogP contribution in [0.2, 0.25) is 0 Å². The Morgan fingerprint density at radius 2 is 2.16 bits per heavy atom. The van der Waals surface area contributed by atoms with Crippen molar-refractivity contribution < 1.29 is 9.18 Å². The minimum Gasteiger partial charge on any atom is -0.327 e. The molecule has 1 saturated carbocycles. The van der Waals surface area contributed by atoms with E-state index in [2.05, 4.69) is 21.2 Å². The zero-order chi connectivity index (χ0) is 13.8. The van der Waals surface area contributed by atoms with Gasteiger partial charge in [-0.05, 0) is 37.0 Å². The van der Waals surface area contributed by atoms with Crippen LogP contribution in [-0.4, -0.2) is 11.9 Å². The van der Waals surface area contributed by atoms with Gasteiger partial charge in [0.1, 0.15) is 5.82 Å². The molecule has 1 fully saturated rings. The molecule has 2 unspecified atom stereocenters. The number of benzene rings is 1. The molecule has 0 radical (unpaired) electrons. The van der Waals surface area contributed by atoms with Gasteiger partial charge in [-0.15, -0.1) is 0 Å². The Labute approximate surface area is 120 Å². The molecule has 0 heterocycles. The number of hydrogen-bond donors (Lipinski definition) is 2. The molecular weight excluding hydrogens is 311 g/mol. The Bertz CT molecular complexity index is 467. The van der Waals surface area contributed by atoms with Gasteiger partial charge in [-0.2, -0.15) is 0 Å². The average Bonchev–Trinajstić information content (AvgIpc) is 2.37. The van der Waals surface area contributed by atoms with Crippen LogP contribution in [0.1, 0.15) is 32.1 Å². The molecule has 0 spiro atoms. The highest BCUT2D eigenvalue weighted by atomic mass is 79.9. The van der Waals surface area contributed by atoms with Gasteiger partial charge in [-0.3, -0.25) is 4.79 Å². The summed E-state index contributed by atoms with van der Waals surface area (Å²) in [5, 5.41) is 2.62. The van der Waals surface area contributed by atoms with E-state index >= 15 is 0 Å². The second-order valence-electron chi connectivity index (χ2n) is 5.08. The third kappa shape index (κ3) is 4.01. The standard InChI is InChI=1S/C14H18BrFN2O/c15-10-5-6-11(16)13(8-10)18-14(19)7-9-3-1-2-4-12(9)17/h5-6,8-9,12H,1-4,7,17H2,(H,18,19). The average molecular weight is 329 g/mol. The van der Waals surface area contributed by atoms with Crippen LogP contribution in [0.4, 0.5) is 10.1 Å². The predicted octanol–water partition coefficient (Wildman–Crippen LogP) is 3.43. The molecule has 1 aliphatic rings. The summed E-state index contributed by atoms with van der Waals surface area (Å²) in [6, 6.07) is 4.58. The number of halogens is 2. The molecule has 0 saturated heterocycles. The summed E-state index contributed by atoms with van der Waals surface area (Å²) in [6.07, 6.45) is 4.59. The van der Waals surface area contributed by atoms with E-state index in [4.69, 9.17) is 5.73 Å². The van der Waals surface area contributed by atoms with Crippen LogP contribution in [0.3, 0.4) is 0 Å². The normalized spacial score (nSPS) is 23.1. The van der Waals surface area contributed by atoms with Crippen LogP contribution in [-0.2, 0) is 4.79 Å². The second kappa shape index (κ2) is 6.48. The van der Waals surface area contributed by atoms with Crippen molar-refractivity contribution in [2.24, 2.45) is 11.7 Å². The lowest BCUT2D eigenvalue weighted by Crippen LogP contribution is -2.35. The van der Waals surface area contributed by atoms with Crippen molar-refractivity contribution in [1.82, 2.24) is 0 Å². The van der Waals surface area contributed by atoms with Crippen molar-refractivity contribution >= 4 is 27.5 Å². The number of nitrogens with one attached hydrogen (secondary N) is 1. The number of carbonyl (C=O) groups is 1. The van der Waals surface area contributed by atoms with Crippen LogP contribution in [0.25, 0.3) is 0 Å². The van der Waals surface area contributed by atoms with Crippen LogP contribution in [0.5, 0.6) is 0 Å². The summed E-state index contributed by atoms with van der Waals surface area (Å²) in [5.41, 5.74) is 6.22. The number of nitrogens with two attached hydrogens (primary N) is 1. The van der Waals surface area contributed by atoms with Crippen molar-refractivity contribution in [2.45, 2.75) is 38.1 Å². The van der Waals surface area contributed by atoms with Gasteiger partial charge in [-0.25, -0.2) is 4.39 Å². The van der Waals surface area contributed by atoms with Gasteiger partial charge in [0.15, 0.2) is 0 Å². The van der Waals surface area contributed by atoms with Gasteiger partial charge < -0.3 is 11.1 Å². The van der Waals surface area contributed by atoms with E-state index in [0.717, 1.165) is 30.2 Å². The number of rotatable bonds is 3. The molecule has 0 aromatic heterocycles. The lowest BCUT2D eigenvalue weighted by atomic mass is 9.83. The van der Waals surface area contributed by atoms with E-state index in [1.807, 2.05) is 0 Å². The lowest BCUT2D eigenvalue weighted by molar-refractivity contribution is -0.117. The molecule has 2 rings (SSSR count). The molecule has 104 valence electrons. The van der Waals surface area contributed by atoms with E-state index in [-0.39, 0.29) is 23.6 Å². The Kier molecular flexibility index (Phi) is 4.93. The highest BCUT2D eigenvalue weighted by Crippen LogP contribution is 2.26. The molecule has 2 atom stereocenters. The monoisotopic (exact) mass is 328 g/mol. The first kappa shape index (κ1) is 14.5. The summed E-state index contributed by atoms with van der Waals surface area (Å²) in [7, 11) is 0. The second-order valence-corrected chi connectivity index (χ2v) is 6.00. The minimum atomic E-state index is -0.426. The summed E-state index contributed by atoms with van der Waals surface area (Å²) >= 11 is 3.26. The van der Waals surface area contributed by atoms with Gasteiger partial charge in [0.05, 0.1) is 5.69 Å². The highest BCUT2D eigenvalue weighted by Gasteiger charge is 2.24. The SMILES string of the molecule is NC1CCCCC1CC(=O)Nc1cc(Br)ccc1F. The van der Waals surface area contributed by atoms with Crippen molar-refractivity contribution in [3.8, 4) is 0 Å². The first-order valence-electron chi connectivity index (χ1n) is 6.57. The summed E-state index contributed by atoms with van der Waals surface area (Å²) in [5.74, 6) is -0.382. The molecule has 0 bridgehead atoms. The maximum absolute atomic E-state index is 13.5. The van der Waals surface area contributed by atoms with Crippen LogP contribution in [0.15, 0.2) is 22.7 Å². The van der Waals surface area contributed by atoms with E-state index in [0.29, 0.717) is 6.42 Å². The van der Waals surface area contributed by atoms with E-state index < -0.39 is 5.82 Å². The highest BCUT2D eigenvalue weighted by molar-refractivity contribution is 9.10. The fourth-order valence-electron chi connectivity index (χ4n) is 2.52. The summed E-state index contributed by atoms with van der Waals surface area (Å²) < 4.78 is 14.3. The third-order valence-electron chi connectivity index (χ3n) is 3.62. The van der Waals surface area contributed by atoms with Gasteiger partial charge in [0.25, 0.3) is 0 Å². The van der Waals surface area contributed by atoms with E-state index in [9.17, 15) is 9.18 Å². The summed E-state index contributed by atoms with van der Waals surface area (Å²) in [4.78, 5) is 11.9. The first-order valence-corrected chi connectivity index (χ1v) is 7.36. The Morgan fingerprint density at radius 3 is 2.89 bits per heavy atom. The fraction of sp³-hybridized carbons (Fsp3) is 0.500. The molecule has 0 aliphatic heterocycles. The summed E-state index contributed by atoms with van der Waals surface area (Å²) in [6.45, 7) is 0. The molecule has 1 amide bonds. The van der Waals surface area contributed by atoms with Crippen LogP contribution < -0.4 is 11.1 Å². The molecule has 5 heteroatoms. The number of carbonyl (C=O) groups excluding carboxylic acids is 1. The molecule has 3 N–H and O–H groups in total. The Hall–Kier alpha value is -0.940. The topological polar surface area (TPSA) is 55.1 Å². The predicted molar refractivity (Wildman–Crippen MR) is 77.3 cm³/mol. The van der Waals surface area contributed by atoms with Crippen molar-refractivity contribution in [3.05, 3.63) is 28.5 Å². The lowest BCUT2D eigenvalue weighted by Gasteiger charge is -2.27. The molecule has 1 aromatic rings. The van der Waals surface area contributed by atoms with Gasteiger partial charge >= 0.3 is 0 Å². The van der Waals surface area contributed by atoms with Gasteiger partial charge in [0.2, 0.25) is 5.91 Å². The first-order chi connectivity index (χ1) is 9.06. The Morgan fingerprint density at radius 1 is 1.42 bits per heavy atom. The Balaban J connectivity index is 1.95. The maximum Gasteiger partial charge on any atom is 0.224 e. The fourth-order valence-corrected chi connectivity index (χ4v) is 2.88.